The Morgan fingerprint density at radius 1 is 1.18 bits per heavy atom. The van der Waals surface area contributed by atoms with Gasteiger partial charge in [-0.3, -0.25) is 0 Å². The van der Waals surface area contributed by atoms with Gasteiger partial charge in [0.25, 0.3) is 0 Å². The van der Waals surface area contributed by atoms with Gasteiger partial charge in [0.1, 0.15) is 17.0 Å². The molecule has 3 aromatic rings. The molecule has 0 aliphatic rings. The van der Waals surface area contributed by atoms with Gasteiger partial charge in [-0.2, -0.15) is 0 Å². The van der Waals surface area contributed by atoms with Crippen molar-refractivity contribution in [3.05, 3.63) is 42.7 Å². The van der Waals surface area contributed by atoms with Crippen molar-refractivity contribution in [3.8, 4) is 10.4 Å². The van der Waals surface area contributed by atoms with Crippen LogP contribution in [0.5, 0.6) is 0 Å². The molecule has 0 spiro atoms. The van der Waals surface area contributed by atoms with E-state index in [2.05, 4.69) is 28.2 Å². The van der Waals surface area contributed by atoms with Crippen LogP contribution in [0.3, 0.4) is 0 Å². The summed E-state index contributed by atoms with van der Waals surface area (Å²) in [6, 6.07) is 12.4. The number of aliphatic hydroxyl groups is 1. The zero-order valence-corrected chi connectivity index (χ0v) is 13.8. The molecule has 0 unspecified atom stereocenters. The summed E-state index contributed by atoms with van der Waals surface area (Å²) in [4.78, 5) is 12.9. The van der Waals surface area contributed by atoms with E-state index in [-0.39, 0.29) is 0 Å². The van der Waals surface area contributed by atoms with Crippen LogP contribution in [-0.4, -0.2) is 34.3 Å². The zero-order valence-electron chi connectivity index (χ0n) is 12.9. The smallest absolute Gasteiger partial charge is 0.140 e. The van der Waals surface area contributed by atoms with Gasteiger partial charge in [-0.25, -0.2) is 9.97 Å². The number of hydrogen-bond acceptors (Lipinski definition) is 5. The number of fused-ring (bicyclic) bond motifs is 1. The van der Waals surface area contributed by atoms with Crippen LogP contribution >= 0.6 is 11.3 Å². The first-order chi connectivity index (χ1) is 10.4. The quantitative estimate of drug-likeness (QED) is 0.800. The average Bonchev–Trinajstić information content (AvgIpc) is 2.90. The Morgan fingerprint density at radius 3 is 2.59 bits per heavy atom. The first kappa shape index (κ1) is 14.9. The van der Waals surface area contributed by atoms with Gasteiger partial charge < -0.3 is 10.0 Å². The first-order valence-corrected chi connectivity index (χ1v) is 7.99. The molecular formula is C17H19N3OS. The Morgan fingerprint density at radius 2 is 1.91 bits per heavy atom. The number of aromatic nitrogens is 2. The SMILES string of the molecule is CN(CC(C)(C)O)c1ncnc2sc(-c3ccccc3)cc12. The van der Waals surface area contributed by atoms with Gasteiger partial charge in [0.15, 0.2) is 0 Å². The normalized spacial score (nSPS) is 11.8. The molecule has 3 rings (SSSR count). The topological polar surface area (TPSA) is 49.2 Å². The fourth-order valence-electron chi connectivity index (χ4n) is 2.55. The molecule has 114 valence electrons. The van der Waals surface area contributed by atoms with Crippen LogP contribution in [0.1, 0.15) is 13.8 Å². The van der Waals surface area contributed by atoms with Gasteiger partial charge in [-0.1, -0.05) is 30.3 Å². The van der Waals surface area contributed by atoms with E-state index in [1.54, 1.807) is 31.5 Å². The fourth-order valence-corrected chi connectivity index (χ4v) is 3.55. The van der Waals surface area contributed by atoms with Crippen molar-refractivity contribution in [2.45, 2.75) is 19.4 Å². The third-order valence-corrected chi connectivity index (χ3v) is 4.44. The van der Waals surface area contributed by atoms with Gasteiger partial charge >= 0.3 is 0 Å². The molecule has 5 heteroatoms. The molecular weight excluding hydrogens is 294 g/mol. The van der Waals surface area contributed by atoms with Gasteiger partial charge in [0.05, 0.1) is 11.0 Å². The molecule has 1 aromatic carbocycles. The summed E-state index contributed by atoms with van der Waals surface area (Å²) in [7, 11) is 1.94. The van der Waals surface area contributed by atoms with Crippen LogP contribution in [0.25, 0.3) is 20.7 Å². The molecule has 4 nitrogen and oxygen atoms in total. The second-order valence-electron chi connectivity index (χ2n) is 6.06. The summed E-state index contributed by atoms with van der Waals surface area (Å²) < 4.78 is 0. The number of thiophene rings is 1. The molecule has 2 heterocycles. The number of hydrogen-bond donors (Lipinski definition) is 1. The summed E-state index contributed by atoms with van der Waals surface area (Å²) in [5, 5.41) is 11.0. The van der Waals surface area contributed by atoms with Crippen LogP contribution in [0, 0.1) is 0 Å². The monoisotopic (exact) mass is 313 g/mol. The first-order valence-electron chi connectivity index (χ1n) is 7.17. The summed E-state index contributed by atoms with van der Waals surface area (Å²) in [6.45, 7) is 4.10. The van der Waals surface area contributed by atoms with E-state index in [0.29, 0.717) is 6.54 Å². The molecule has 0 fully saturated rings. The molecule has 0 aliphatic carbocycles. The van der Waals surface area contributed by atoms with Crippen molar-refractivity contribution in [2.24, 2.45) is 0 Å². The van der Waals surface area contributed by atoms with E-state index in [0.717, 1.165) is 16.0 Å². The predicted octanol–water partition coefficient (Wildman–Crippen LogP) is 3.57. The Bertz CT molecular complexity index is 777. The third-order valence-electron chi connectivity index (χ3n) is 3.35. The van der Waals surface area contributed by atoms with Crippen molar-refractivity contribution < 1.29 is 5.11 Å². The lowest BCUT2D eigenvalue weighted by molar-refractivity contribution is 0.0885. The lowest BCUT2D eigenvalue weighted by Crippen LogP contribution is -2.36. The van der Waals surface area contributed by atoms with Gasteiger partial charge in [-0.15, -0.1) is 11.3 Å². The Hall–Kier alpha value is -1.98. The van der Waals surface area contributed by atoms with E-state index < -0.39 is 5.60 Å². The minimum Gasteiger partial charge on any atom is -0.389 e. The number of benzene rings is 1. The van der Waals surface area contributed by atoms with Crippen molar-refractivity contribution in [1.82, 2.24) is 9.97 Å². The van der Waals surface area contributed by atoms with Gasteiger partial charge in [0.2, 0.25) is 0 Å². The van der Waals surface area contributed by atoms with E-state index in [9.17, 15) is 5.11 Å². The van der Waals surface area contributed by atoms with Crippen molar-refractivity contribution in [1.29, 1.82) is 0 Å². The molecule has 0 atom stereocenters. The standard InChI is InChI=1S/C17H19N3OS/c1-17(2,21)10-20(3)15-13-9-14(12-7-5-4-6-8-12)22-16(13)19-11-18-15/h4-9,11,21H,10H2,1-3H3. The minimum absolute atomic E-state index is 0.510. The highest BCUT2D eigenvalue weighted by Crippen LogP contribution is 2.35. The van der Waals surface area contributed by atoms with Crippen molar-refractivity contribution in [2.75, 3.05) is 18.5 Å². The van der Waals surface area contributed by atoms with E-state index >= 15 is 0 Å². The lowest BCUT2D eigenvalue weighted by atomic mass is 10.1. The van der Waals surface area contributed by atoms with Gasteiger partial charge in [0, 0.05) is 18.5 Å². The number of likely N-dealkylation sites (N-methyl/N-ethyl adjacent to an activating group) is 1. The molecule has 0 aliphatic heterocycles. The van der Waals surface area contributed by atoms with Crippen LogP contribution in [0.2, 0.25) is 0 Å². The van der Waals surface area contributed by atoms with Crippen LogP contribution in [0.15, 0.2) is 42.7 Å². The molecule has 22 heavy (non-hydrogen) atoms. The van der Waals surface area contributed by atoms with Crippen molar-refractivity contribution in [3.63, 3.8) is 0 Å². The number of rotatable bonds is 4. The van der Waals surface area contributed by atoms with E-state index in [4.69, 9.17) is 0 Å². The second-order valence-corrected chi connectivity index (χ2v) is 7.09. The second kappa shape index (κ2) is 5.66. The predicted molar refractivity (Wildman–Crippen MR) is 92.4 cm³/mol. The maximum atomic E-state index is 10.0. The fraction of sp³-hybridized carbons (Fsp3) is 0.294. The summed E-state index contributed by atoms with van der Waals surface area (Å²) in [6.07, 6.45) is 1.59. The largest absolute Gasteiger partial charge is 0.389 e. The van der Waals surface area contributed by atoms with Crippen LogP contribution in [-0.2, 0) is 0 Å². The molecule has 0 saturated carbocycles. The number of nitrogens with zero attached hydrogens (tertiary/aromatic N) is 3. The highest BCUT2D eigenvalue weighted by Gasteiger charge is 2.19. The lowest BCUT2D eigenvalue weighted by Gasteiger charge is -2.26. The highest BCUT2D eigenvalue weighted by atomic mass is 32.1. The third kappa shape index (κ3) is 3.10. The van der Waals surface area contributed by atoms with Crippen LogP contribution in [0.4, 0.5) is 5.82 Å². The Kier molecular flexibility index (Phi) is 3.85. The Labute approximate surface area is 134 Å². The molecule has 2 aromatic heterocycles. The molecule has 0 amide bonds. The molecule has 0 saturated heterocycles. The maximum absolute atomic E-state index is 10.0. The molecule has 0 bridgehead atoms. The maximum Gasteiger partial charge on any atom is 0.140 e. The zero-order chi connectivity index (χ0) is 15.7. The summed E-state index contributed by atoms with van der Waals surface area (Å²) in [5.74, 6) is 0.852. The summed E-state index contributed by atoms with van der Waals surface area (Å²) >= 11 is 1.66. The molecule has 0 radical (unpaired) electrons. The van der Waals surface area contributed by atoms with E-state index in [1.807, 2.05) is 30.1 Å². The average molecular weight is 313 g/mol. The van der Waals surface area contributed by atoms with Gasteiger partial charge in [-0.05, 0) is 25.5 Å². The summed E-state index contributed by atoms with van der Waals surface area (Å²) in [5.41, 5.74) is 0.409. The van der Waals surface area contributed by atoms with Crippen LogP contribution < -0.4 is 4.90 Å². The molecule has 1 N–H and O–H groups in total. The highest BCUT2D eigenvalue weighted by molar-refractivity contribution is 7.21. The number of anilines is 1. The van der Waals surface area contributed by atoms with E-state index in [1.165, 1.54) is 10.4 Å². The Balaban J connectivity index is 2.04. The minimum atomic E-state index is -0.774. The van der Waals surface area contributed by atoms with Crippen molar-refractivity contribution >= 4 is 27.4 Å².